The highest BCUT2D eigenvalue weighted by Crippen LogP contribution is 2.65. The number of fused-ring (bicyclic) bond motifs is 5. The fourth-order valence-corrected chi connectivity index (χ4v) is 5.45. The van der Waals surface area contributed by atoms with Gasteiger partial charge in [0.15, 0.2) is 0 Å². The Hall–Kier alpha value is -0.220. The van der Waals surface area contributed by atoms with Crippen LogP contribution in [0.4, 0.5) is 0 Å². The highest BCUT2D eigenvalue weighted by Gasteiger charge is 2.65. The van der Waals surface area contributed by atoms with Crippen molar-refractivity contribution in [1.82, 2.24) is 10.6 Å². The van der Waals surface area contributed by atoms with Gasteiger partial charge in [0.2, 0.25) is 5.91 Å². The SMILES string of the molecule is O=C(NC1C2C3CCC(C3)C12)C1CSCCN1. The lowest BCUT2D eigenvalue weighted by Gasteiger charge is -2.23. The summed E-state index contributed by atoms with van der Waals surface area (Å²) in [5, 5.41) is 6.63. The zero-order valence-electron chi connectivity index (χ0n) is 10.0. The first-order valence-corrected chi connectivity index (χ1v) is 8.11. The van der Waals surface area contributed by atoms with Gasteiger partial charge in [-0.15, -0.1) is 0 Å². The van der Waals surface area contributed by atoms with Crippen LogP contribution in [0.2, 0.25) is 0 Å². The third-order valence-corrected chi connectivity index (χ3v) is 6.34. The third kappa shape index (κ3) is 1.64. The molecule has 4 fully saturated rings. The number of carbonyl (C=O) groups is 1. The van der Waals surface area contributed by atoms with Gasteiger partial charge in [-0.25, -0.2) is 0 Å². The second-order valence-corrected chi connectivity index (χ2v) is 7.25. The van der Waals surface area contributed by atoms with Crippen LogP contribution in [-0.4, -0.2) is 36.0 Å². The molecule has 0 aromatic rings. The predicted octanol–water partition coefficient (Wildman–Crippen LogP) is 0.852. The number of hydrogen-bond donors (Lipinski definition) is 2. The van der Waals surface area contributed by atoms with Crippen LogP contribution in [-0.2, 0) is 4.79 Å². The molecule has 1 aliphatic heterocycles. The quantitative estimate of drug-likeness (QED) is 0.765. The number of carbonyl (C=O) groups excluding carboxylic acids is 1. The van der Waals surface area contributed by atoms with Crippen molar-refractivity contribution in [2.45, 2.75) is 31.3 Å². The van der Waals surface area contributed by atoms with Gasteiger partial charge in [0.25, 0.3) is 0 Å². The lowest BCUT2D eigenvalue weighted by molar-refractivity contribution is -0.123. The van der Waals surface area contributed by atoms with E-state index in [1.165, 1.54) is 19.3 Å². The highest BCUT2D eigenvalue weighted by atomic mass is 32.2. The minimum atomic E-state index is 0.0627. The molecule has 4 heteroatoms. The maximum Gasteiger partial charge on any atom is 0.238 e. The van der Waals surface area contributed by atoms with E-state index in [9.17, 15) is 4.79 Å². The van der Waals surface area contributed by atoms with Crippen LogP contribution in [0.1, 0.15) is 19.3 Å². The van der Waals surface area contributed by atoms with Crippen LogP contribution >= 0.6 is 11.8 Å². The van der Waals surface area contributed by atoms with E-state index in [0.717, 1.165) is 41.7 Å². The zero-order chi connectivity index (χ0) is 11.4. The lowest BCUT2D eigenvalue weighted by atomic mass is 10.0. The molecule has 2 bridgehead atoms. The fraction of sp³-hybridized carbons (Fsp3) is 0.923. The van der Waals surface area contributed by atoms with Crippen molar-refractivity contribution in [3.8, 4) is 0 Å². The van der Waals surface area contributed by atoms with Gasteiger partial charge in [0, 0.05) is 24.1 Å². The summed E-state index contributed by atoms with van der Waals surface area (Å²) in [6, 6.07) is 0.607. The number of amides is 1. The summed E-state index contributed by atoms with van der Waals surface area (Å²) in [4.78, 5) is 12.1. The first kappa shape index (κ1) is 10.7. The summed E-state index contributed by atoms with van der Waals surface area (Å²) in [7, 11) is 0. The monoisotopic (exact) mass is 252 g/mol. The Bertz CT molecular complexity index is 326. The summed E-state index contributed by atoms with van der Waals surface area (Å²) in [6.45, 7) is 0.978. The van der Waals surface area contributed by atoms with E-state index in [4.69, 9.17) is 0 Å². The van der Waals surface area contributed by atoms with Gasteiger partial charge in [0.05, 0.1) is 6.04 Å². The summed E-state index contributed by atoms with van der Waals surface area (Å²) in [5.41, 5.74) is 0. The van der Waals surface area contributed by atoms with E-state index in [2.05, 4.69) is 10.6 Å². The van der Waals surface area contributed by atoms with Gasteiger partial charge in [-0.05, 0) is 42.9 Å². The number of nitrogens with one attached hydrogen (secondary N) is 2. The minimum absolute atomic E-state index is 0.0627. The van der Waals surface area contributed by atoms with E-state index in [1.54, 1.807) is 0 Å². The highest BCUT2D eigenvalue weighted by molar-refractivity contribution is 7.99. The van der Waals surface area contributed by atoms with E-state index >= 15 is 0 Å². The molecule has 0 aromatic heterocycles. The maximum absolute atomic E-state index is 12.1. The molecule has 3 saturated carbocycles. The van der Waals surface area contributed by atoms with Crippen LogP contribution < -0.4 is 10.6 Å². The minimum Gasteiger partial charge on any atom is -0.351 e. The smallest absolute Gasteiger partial charge is 0.238 e. The molecule has 3 aliphatic carbocycles. The molecule has 3 nitrogen and oxygen atoms in total. The summed E-state index contributed by atoms with van der Waals surface area (Å²) < 4.78 is 0. The van der Waals surface area contributed by atoms with Crippen molar-refractivity contribution in [2.75, 3.05) is 18.1 Å². The average Bonchev–Trinajstić information content (AvgIpc) is 2.76. The first-order valence-electron chi connectivity index (χ1n) is 6.96. The molecule has 94 valence electrons. The van der Waals surface area contributed by atoms with Crippen molar-refractivity contribution in [2.24, 2.45) is 23.7 Å². The Morgan fingerprint density at radius 2 is 2.00 bits per heavy atom. The second-order valence-electron chi connectivity index (χ2n) is 6.10. The predicted molar refractivity (Wildman–Crippen MR) is 68.9 cm³/mol. The van der Waals surface area contributed by atoms with E-state index < -0.39 is 0 Å². The Balaban J connectivity index is 1.35. The van der Waals surface area contributed by atoms with Crippen LogP contribution in [0.3, 0.4) is 0 Å². The number of thioether (sulfide) groups is 1. The third-order valence-electron chi connectivity index (χ3n) is 5.28. The van der Waals surface area contributed by atoms with Crippen molar-refractivity contribution in [3.63, 3.8) is 0 Å². The molecule has 17 heavy (non-hydrogen) atoms. The summed E-state index contributed by atoms with van der Waals surface area (Å²) >= 11 is 1.89. The Labute approximate surface area is 106 Å². The Morgan fingerprint density at radius 3 is 2.65 bits per heavy atom. The zero-order valence-corrected chi connectivity index (χ0v) is 10.8. The molecule has 4 aliphatic rings. The molecule has 1 heterocycles. The van der Waals surface area contributed by atoms with Crippen molar-refractivity contribution in [3.05, 3.63) is 0 Å². The normalized spacial score (nSPS) is 51.1. The van der Waals surface area contributed by atoms with Gasteiger partial charge >= 0.3 is 0 Å². The van der Waals surface area contributed by atoms with Crippen LogP contribution in [0.15, 0.2) is 0 Å². The van der Waals surface area contributed by atoms with E-state index in [0.29, 0.717) is 6.04 Å². The first-order chi connectivity index (χ1) is 8.34. The molecule has 5 atom stereocenters. The van der Waals surface area contributed by atoms with Crippen molar-refractivity contribution in [1.29, 1.82) is 0 Å². The molecule has 0 radical (unpaired) electrons. The van der Waals surface area contributed by atoms with Gasteiger partial charge in [-0.1, -0.05) is 0 Å². The number of hydrogen-bond acceptors (Lipinski definition) is 3. The molecule has 5 unspecified atom stereocenters. The summed E-state index contributed by atoms with van der Waals surface area (Å²) in [6.07, 6.45) is 4.31. The molecule has 0 spiro atoms. The van der Waals surface area contributed by atoms with Crippen molar-refractivity contribution < 1.29 is 4.79 Å². The fourth-order valence-electron chi connectivity index (χ4n) is 4.52. The Morgan fingerprint density at radius 1 is 1.24 bits per heavy atom. The molecular weight excluding hydrogens is 232 g/mol. The topological polar surface area (TPSA) is 41.1 Å². The van der Waals surface area contributed by atoms with Gasteiger partial charge in [0.1, 0.15) is 0 Å². The second kappa shape index (κ2) is 3.89. The van der Waals surface area contributed by atoms with Crippen LogP contribution in [0.5, 0.6) is 0 Å². The van der Waals surface area contributed by atoms with Gasteiger partial charge < -0.3 is 10.6 Å². The molecule has 1 amide bonds. The molecule has 2 N–H and O–H groups in total. The molecule has 1 saturated heterocycles. The van der Waals surface area contributed by atoms with E-state index in [-0.39, 0.29) is 11.9 Å². The maximum atomic E-state index is 12.1. The van der Waals surface area contributed by atoms with E-state index in [1.807, 2.05) is 11.8 Å². The summed E-state index contributed by atoms with van der Waals surface area (Å²) in [5.74, 6) is 5.95. The average molecular weight is 252 g/mol. The molecule has 0 aromatic carbocycles. The Kier molecular flexibility index (Phi) is 2.44. The molecule has 4 rings (SSSR count). The standard InChI is InChI=1S/C13H20N2OS/c16-13(9-6-17-4-3-14-9)15-12-10-7-1-2-8(5-7)11(10)12/h7-12,14H,1-6H2,(H,15,16). The van der Waals surface area contributed by atoms with Crippen LogP contribution in [0.25, 0.3) is 0 Å². The lowest BCUT2D eigenvalue weighted by Crippen LogP contribution is -2.50. The number of rotatable bonds is 2. The van der Waals surface area contributed by atoms with Crippen molar-refractivity contribution >= 4 is 17.7 Å². The largest absolute Gasteiger partial charge is 0.351 e. The molecular formula is C13H20N2OS. The van der Waals surface area contributed by atoms with Crippen LogP contribution in [0, 0.1) is 23.7 Å². The van der Waals surface area contributed by atoms with Gasteiger partial charge in [-0.3, -0.25) is 4.79 Å². The van der Waals surface area contributed by atoms with Gasteiger partial charge in [-0.2, -0.15) is 11.8 Å².